The van der Waals surface area contributed by atoms with Crippen LogP contribution in [0.4, 0.5) is 0 Å². The van der Waals surface area contributed by atoms with Crippen LogP contribution in [0.1, 0.15) is 88.8 Å². The molecule has 0 aliphatic carbocycles. The van der Waals surface area contributed by atoms with E-state index in [0.717, 1.165) is 33.7 Å². The van der Waals surface area contributed by atoms with Crippen molar-refractivity contribution in [1.82, 2.24) is 0 Å². The second kappa shape index (κ2) is 20.2. The maximum atomic E-state index is 4.66. The predicted molar refractivity (Wildman–Crippen MR) is 181 cm³/mol. The molecule has 2 aromatic carbocycles. The minimum atomic E-state index is 0.932. The van der Waals surface area contributed by atoms with Gasteiger partial charge in [0, 0.05) is 23.8 Å². The van der Waals surface area contributed by atoms with Gasteiger partial charge in [-0.3, -0.25) is 9.98 Å². The third kappa shape index (κ3) is 14.1. The standard InChI is InChI=1S/C33H38N2.2C2H6/c1-9-11-30(23-35-29(8)21-33-17-14-25(4)19-31(33)10-2)15-12-26(5)22-34-28(7)20-32-16-13-24(3)18-27(32)6;2*1-2/h9-23H,2H2,1,3-8H3;2*1-2H3/b11-9-,26-12+,28-20+,29-21+,30-15+,34-22+,35-23-;;. The van der Waals surface area contributed by atoms with E-state index >= 15 is 0 Å². The molecule has 0 unspecified atom stereocenters. The number of nitrogens with zero attached hydrogens (tertiary/aromatic N) is 2. The van der Waals surface area contributed by atoms with E-state index in [9.17, 15) is 0 Å². The molecule has 0 heterocycles. The lowest BCUT2D eigenvalue weighted by atomic mass is 10.0. The maximum absolute atomic E-state index is 4.66. The third-order valence-electron chi connectivity index (χ3n) is 5.40. The van der Waals surface area contributed by atoms with Crippen LogP contribution in [-0.4, -0.2) is 12.4 Å². The Morgan fingerprint density at radius 3 is 1.79 bits per heavy atom. The molecule has 2 rings (SSSR count). The van der Waals surface area contributed by atoms with Crippen molar-refractivity contribution in [3.63, 3.8) is 0 Å². The van der Waals surface area contributed by atoms with Gasteiger partial charge in [0.1, 0.15) is 0 Å². The third-order valence-corrected chi connectivity index (χ3v) is 5.40. The first-order chi connectivity index (χ1) is 18.7. The monoisotopic (exact) mass is 522 g/mol. The van der Waals surface area contributed by atoms with E-state index in [4.69, 9.17) is 0 Å². The Bertz CT molecular complexity index is 1260. The molecule has 0 aliphatic heterocycles. The highest BCUT2D eigenvalue weighted by Crippen LogP contribution is 2.17. The topological polar surface area (TPSA) is 24.7 Å². The number of rotatable bonds is 9. The number of allylic oxidation sites excluding steroid dienone is 8. The lowest BCUT2D eigenvalue weighted by Gasteiger charge is -2.03. The lowest BCUT2D eigenvalue weighted by molar-refractivity contribution is 1.31. The molecule has 0 amide bonds. The van der Waals surface area contributed by atoms with Crippen molar-refractivity contribution in [2.45, 2.75) is 76.2 Å². The van der Waals surface area contributed by atoms with E-state index in [2.05, 4.69) is 98.0 Å². The van der Waals surface area contributed by atoms with Gasteiger partial charge in [-0.25, -0.2) is 0 Å². The first-order valence-electron chi connectivity index (χ1n) is 14.0. The summed E-state index contributed by atoms with van der Waals surface area (Å²) >= 11 is 0. The van der Waals surface area contributed by atoms with E-state index in [-0.39, 0.29) is 0 Å². The zero-order valence-corrected chi connectivity index (χ0v) is 26.3. The molecule has 2 nitrogen and oxygen atoms in total. The Morgan fingerprint density at radius 1 is 0.692 bits per heavy atom. The molecule has 0 atom stereocenters. The average molecular weight is 523 g/mol. The van der Waals surface area contributed by atoms with E-state index < -0.39 is 0 Å². The highest BCUT2D eigenvalue weighted by molar-refractivity contribution is 5.85. The molecular formula is C37H50N2. The minimum Gasteiger partial charge on any atom is -0.261 e. The van der Waals surface area contributed by atoms with Gasteiger partial charge in [-0.2, -0.15) is 0 Å². The Labute approximate surface area is 239 Å². The normalized spacial score (nSPS) is 12.9. The molecule has 2 heteroatoms. The van der Waals surface area contributed by atoms with Crippen molar-refractivity contribution < 1.29 is 0 Å². The SMILES string of the molecule is C=Cc1cc(C)ccc1\C=C(C)\N=C/C(/C=C\C)=C/C=C(C)/C=N/C(C)=C/c1ccc(C)cc1C.CC.CC. The zero-order chi connectivity index (χ0) is 29.8. The van der Waals surface area contributed by atoms with Crippen LogP contribution >= 0.6 is 0 Å². The molecule has 0 spiro atoms. The summed E-state index contributed by atoms with van der Waals surface area (Å²) in [5.74, 6) is 0. The molecule has 0 N–H and O–H groups in total. The van der Waals surface area contributed by atoms with Crippen LogP contribution in [-0.2, 0) is 0 Å². The minimum absolute atomic E-state index is 0.932. The highest BCUT2D eigenvalue weighted by Gasteiger charge is 1.98. The fourth-order valence-electron chi connectivity index (χ4n) is 3.50. The molecular weight excluding hydrogens is 472 g/mol. The summed E-state index contributed by atoms with van der Waals surface area (Å²) in [5, 5.41) is 0. The molecule has 0 fully saturated rings. The second-order valence-electron chi connectivity index (χ2n) is 8.86. The first-order valence-corrected chi connectivity index (χ1v) is 14.0. The van der Waals surface area contributed by atoms with Crippen LogP contribution in [0.3, 0.4) is 0 Å². The summed E-state index contributed by atoms with van der Waals surface area (Å²) in [5.41, 5.74) is 11.2. The molecule has 0 saturated heterocycles. The van der Waals surface area contributed by atoms with Gasteiger partial charge in [0.15, 0.2) is 0 Å². The molecule has 2 aromatic rings. The summed E-state index contributed by atoms with van der Waals surface area (Å²) < 4.78 is 0. The zero-order valence-electron chi connectivity index (χ0n) is 26.3. The van der Waals surface area contributed by atoms with Crippen molar-refractivity contribution in [1.29, 1.82) is 0 Å². The van der Waals surface area contributed by atoms with Gasteiger partial charge < -0.3 is 0 Å². The second-order valence-corrected chi connectivity index (χ2v) is 8.86. The summed E-state index contributed by atoms with van der Waals surface area (Å²) in [6.07, 6.45) is 18.0. The van der Waals surface area contributed by atoms with Gasteiger partial charge in [0.25, 0.3) is 0 Å². The number of hydrogen-bond donors (Lipinski definition) is 0. The average Bonchev–Trinajstić information content (AvgIpc) is 2.93. The quantitative estimate of drug-likeness (QED) is 0.231. The van der Waals surface area contributed by atoms with Crippen molar-refractivity contribution in [3.05, 3.63) is 123 Å². The Morgan fingerprint density at radius 2 is 1.23 bits per heavy atom. The molecule has 39 heavy (non-hydrogen) atoms. The number of aliphatic imine (C=N–C) groups is 2. The number of benzene rings is 2. The summed E-state index contributed by atoms with van der Waals surface area (Å²) in [6.45, 7) is 26.3. The summed E-state index contributed by atoms with van der Waals surface area (Å²) in [6, 6.07) is 12.8. The molecule has 0 aromatic heterocycles. The Balaban J connectivity index is 0.00000344. The number of hydrogen-bond acceptors (Lipinski definition) is 2. The van der Waals surface area contributed by atoms with E-state index in [1.54, 1.807) is 0 Å². The van der Waals surface area contributed by atoms with Gasteiger partial charge in [-0.15, -0.1) is 0 Å². The number of aryl methyl sites for hydroxylation is 3. The van der Waals surface area contributed by atoms with Gasteiger partial charge in [-0.1, -0.05) is 112 Å². The molecule has 208 valence electrons. The van der Waals surface area contributed by atoms with Crippen molar-refractivity contribution in [2.24, 2.45) is 9.98 Å². The predicted octanol–water partition coefficient (Wildman–Crippen LogP) is 11.3. The van der Waals surface area contributed by atoms with Gasteiger partial charge in [0.2, 0.25) is 0 Å². The van der Waals surface area contributed by atoms with E-state index in [1.807, 2.05) is 86.0 Å². The van der Waals surface area contributed by atoms with Gasteiger partial charge >= 0.3 is 0 Å². The van der Waals surface area contributed by atoms with Crippen molar-refractivity contribution >= 4 is 30.7 Å². The van der Waals surface area contributed by atoms with Gasteiger partial charge in [-0.05, 0) is 94.0 Å². The van der Waals surface area contributed by atoms with Crippen LogP contribution in [0.15, 0.2) is 99.8 Å². The largest absolute Gasteiger partial charge is 0.261 e. The Kier molecular flexibility index (Phi) is 18.3. The van der Waals surface area contributed by atoms with Crippen LogP contribution in [0, 0.1) is 20.8 Å². The van der Waals surface area contributed by atoms with Gasteiger partial charge in [0.05, 0.1) is 0 Å². The molecule has 0 saturated carbocycles. The molecule has 0 radical (unpaired) electrons. The smallest absolute Gasteiger partial charge is 0.0379 e. The van der Waals surface area contributed by atoms with Crippen LogP contribution in [0.5, 0.6) is 0 Å². The maximum Gasteiger partial charge on any atom is 0.0379 e. The van der Waals surface area contributed by atoms with E-state index in [0.29, 0.717) is 0 Å². The van der Waals surface area contributed by atoms with Crippen LogP contribution in [0.2, 0.25) is 0 Å². The fourth-order valence-corrected chi connectivity index (χ4v) is 3.50. The fraction of sp³-hybridized carbons (Fsp3) is 0.297. The van der Waals surface area contributed by atoms with Crippen molar-refractivity contribution in [2.75, 3.05) is 0 Å². The molecule has 0 bridgehead atoms. The lowest BCUT2D eigenvalue weighted by Crippen LogP contribution is -1.86. The van der Waals surface area contributed by atoms with Crippen LogP contribution in [0.25, 0.3) is 18.2 Å². The first kappa shape index (κ1) is 35.2. The van der Waals surface area contributed by atoms with Crippen molar-refractivity contribution in [3.8, 4) is 0 Å². The highest BCUT2D eigenvalue weighted by atomic mass is 14.7. The van der Waals surface area contributed by atoms with E-state index in [1.165, 1.54) is 22.3 Å². The molecule has 0 aliphatic rings. The summed E-state index contributed by atoms with van der Waals surface area (Å²) in [7, 11) is 0. The summed E-state index contributed by atoms with van der Waals surface area (Å²) in [4.78, 5) is 9.28. The Hall–Kier alpha value is -3.78. The van der Waals surface area contributed by atoms with Crippen LogP contribution < -0.4 is 0 Å².